The van der Waals surface area contributed by atoms with Crippen LogP contribution >= 0.6 is 34.9 Å². The van der Waals surface area contributed by atoms with E-state index in [2.05, 4.69) is 15.5 Å². The Hall–Kier alpha value is -1.58. The molecule has 0 radical (unpaired) electrons. The molecule has 0 aliphatic heterocycles. The molecular weight excluding hydrogens is 364 g/mol. The molecule has 9 heteroatoms. The van der Waals surface area contributed by atoms with Crippen molar-refractivity contribution in [2.45, 2.75) is 34.7 Å². The summed E-state index contributed by atoms with van der Waals surface area (Å²) in [4.78, 5) is 23.2. The van der Waals surface area contributed by atoms with Gasteiger partial charge in [0.1, 0.15) is 0 Å². The highest BCUT2D eigenvalue weighted by Crippen LogP contribution is 2.31. The molecule has 0 saturated carbocycles. The second kappa shape index (κ2) is 8.50. The Balaban J connectivity index is 1.95. The van der Waals surface area contributed by atoms with Crippen molar-refractivity contribution < 1.29 is 9.59 Å². The number of carbonyl (C=O) groups excluding carboxylic acids is 2. The minimum Gasteiger partial charge on any atom is -0.369 e. The summed E-state index contributed by atoms with van der Waals surface area (Å²) in [5.74, 6) is -0.313. The highest BCUT2D eigenvalue weighted by molar-refractivity contribution is 8.04. The molecule has 2 amide bonds. The van der Waals surface area contributed by atoms with Gasteiger partial charge in [0.25, 0.3) is 0 Å². The number of anilines is 1. The van der Waals surface area contributed by atoms with Gasteiger partial charge in [0.2, 0.25) is 11.8 Å². The Morgan fingerprint density at radius 1 is 1.25 bits per heavy atom. The lowest BCUT2D eigenvalue weighted by molar-refractivity contribution is -0.116. The van der Waals surface area contributed by atoms with Crippen LogP contribution < -0.4 is 11.1 Å². The van der Waals surface area contributed by atoms with E-state index < -0.39 is 5.91 Å². The zero-order valence-corrected chi connectivity index (χ0v) is 16.0. The van der Waals surface area contributed by atoms with Gasteiger partial charge in [-0.2, -0.15) is 0 Å². The number of aromatic nitrogens is 2. The van der Waals surface area contributed by atoms with Crippen molar-refractivity contribution in [1.29, 1.82) is 0 Å². The SMILES string of the molecule is Cc1cccc(C)c1NC(=O)[C@@H](C)Sc1nnc(SCC(N)=O)s1. The fourth-order valence-corrected chi connectivity index (χ4v) is 4.78. The maximum atomic E-state index is 12.4. The third kappa shape index (κ3) is 5.22. The van der Waals surface area contributed by atoms with Gasteiger partial charge in [-0.25, -0.2) is 0 Å². The number of primary amides is 1. The summed E-state index contributed by atoms with van der Waals surface area (Å²) in [5.41, 5.74) is 8.01. The summed E-state index contributed by atoms with van der Waals surface area (Å²) >= 11 is 3.94. The van der Waals surface area contributed by atoms with Crippen LogP contribution in [0.5, 0.6) is 0 Å². The Kier molecular flexibility index (Phi) is 6.64. The van der Waals surface area contributed by atoms with E-state index >= 15 is 0 Å². The largest absolute Gasteiger partial charge is 0.369 e. The smallest absolute Gasteiger partial charge is 0.237 e. The van der Waals surface area contributed by atoms with Crippen LogP contribution in [-0.2, 0) is 9.59 Å². The van der Waals surface area contributed by atoms with Gasteiger partial charge in [-0.05, 0) is 31.9 Å². The molecule has 6 nitrogen and oxygen atoms in total. The predicted octanol–water partition coefficient (Wildman–Crippen LogP) is 2.85. The van der Waals surface area contributed by atoms with E-state index in [4.69, 9.17) is 5.73 Å². The number of para-hydroxylation sites is 1. The molecule has 1 aromatic carbocycles. The minimum atomic E-state index is -0.397. The second-order valence-electron chi connectivity index (χ2n) is 5.11. The molecule has 128 valence electrons. The van der Waals surface area contributed by atoms with Crippen molar-refractivity contribution in [2.75, 3.05) is 11.1 Å². The van der Waals surface area contributed by atoms with Crippen LogP contribution in [0.15, 0.2) is 26.9 Å². The molecular formula is C15H18N4O2S3. The van der Waals surface area contributed by atoms with Gasteiger partial charge < -0.3 is 11.1 Å². The molecule has 0 fully saturated rings. The fourth-order valence-electron chi connectivity index (χ4n) is 1.88. The molecule has 0 spiro atoms. The Bertz CT molecular complexity index is 728. The monoisotopic (exact) mass is 382 g/mol. The first-order valence-electron chi connectivity index (χ1n) is 7.15. The number of hydrogen-bond donors (Lipinski definition) is 2. The average Bonchev–Trinajstić information content (AvgIpc) is 2.96. The van der Waals surface area contributed by atoms with Crippen molar-refractivity contribution in [3.05, 3.63) is 29.3 Å². The van der Waals surface area contributed by atoms with Gasteiger partial charge in [-0.3, -0.25) is 9.59 Å². The Morgan fingerprint density at radius 2 is 1.88 bits per heavy atom. The van der Waals surface area contributed by atoms with Crippen LogP contribution in [-0.4, -0.2) is 33.0 Å². The summed E-state index contributed by atoms with van der Waals surface area (Å²) in [6, 6.07) is 5.89. The van der Waals surface area contributed by atoms with Crippen molar-refractivity contribution in [3.8, 4) is 0 Å². The van der Waals surface area contributed by atoms with Crippen molar-refractivity contribution in [2.24, 2.45) is 5.73 Å². The van der Waals surface area contributed by atoms with E-state index in [-0.39, 0.29) is 16.9 Å². The molecule has 0 aliphatic rings. The lowest BCUT2D eigenvalue weighted by Gasteiger charge is -2.14. The zero-order chi connectivity index (χ0) is 17.7. The molecule has 2 rings (SSSR count). The van der Waals surface area contributed by atoms with Gasteiger partial charge in [0, 0.05) is 5.69 Å². The predicted molar refractivity (Wildman–Crippen MR) is 99.7 cm³/mol. The van der Waals surface area contributed by atoms with E-state index in [0.29, 0.717) is 8.68 Å². The maximum Gasteiger partial charge on any atom is 0.237 e. The van der Waals surface area contributed by atoms with Crippen LogP contribution in [0.2, 0.25) is 0 Å². The number of aryl methyl sites for hydroxylation is 2. The number of nitrogens with two attached hydrogens (primary N) is 1. The quantitative estimate of drug-likeness (QED) is 0.715. The maximum absolute atomic E-state index is 12.4. The van der Waals surface area contributed by atoms with E-state index in [1.54, 1.807) is 0 Å². The number of nitrogens with one attached hydrogen (secondary N) is 1. The summed E-state index contributed by atoms with van der Waals surface area (Å²) < 4.78 is 1.35. The topological polar surface area (TPSA) is 98.0 Å². The zero-order valence-electron chi connectivity index (χ0n) is 13.5. The number of rotatable bonds is 7. The lowest BCUT2D eigenvalue weighted by atomic mass is 10.1. The van der Waals surface area contributed by atoms with E-state index in [9.17, 15) is 9.59 Å². The molecule has 0 saturated heterocycles. The molecule has 0 bridgehead atoms. The molecule has 0 unspecified atom stereocenters. The second-order valence-corrected chi connectivity index (χ2v) is 8.89. The first-order valence-corrected chi connectivity index (χ1v) is 9.83. The highest BCUT2D eigenvalue weighted by Gasteiger charge is 2.18. The Morgan fingerprint density at radius 3 is 2.50 bits per heavy atom. The van der Waals surface area contributed by atoms with E-state index in [0.717, 1.165) is 16.8 Å². The van der Waals surface area contributed by atoms with Gasteiger partial charge in [-0.1, -0.05) is 53.1 Å². The number of nitrogens with zero attached hydrogens (tertiary/aromatic N) is 2. The van der Waals surface area contributed by atoms with Crippen LogP contribution in [0.25, 0.3) is 0 Å². The van der Waals surface area contributed by atoms with E-state index in [1.165, 1.54) is 34.9 Å². The molecule has 24 heavy (non-hydrogen) atoms. The molecule has 0 aliphatic carbocycles. The summed E-state index contributed by atoms with van der Waals surface area (Å²) in [6.07, 6.45) is 0. The molecule has 1 heterocycles. The molecule has 1 aromatic heterocycles. The van der Waals surface area contributed by atoms with Crippen molar-refractivity contribution in [1.82, 2.24) is 10.2 Å². The van der Waals surface area contributed by atoms with Gasteiger partial charge in [0.05, 0.1) is 11.0 Å². The van der Waals surface area contributed by atoms with Crippen molar-refractivity contribution >= 4 is 52.4 Å². The van der Waals surface area contributed by atoms with Crippen LogP contribution in [0.1, 0.15) is 18.1 Å². The van der Waals surface area contributed by atoms with Gasteiger partial charge in [-0.15, -0.1) is 10.2 Å². The first-order chi connectivity index (χ1) is 11.4. The lowest BCUT2D eigenvalue weighted by Crippen LogP contribution is -2.23. The highest BCUT2D eigenvalue weighted by atomic mass is 32.2. The Labute approximate surface area is 153 Å². The number of amides is 2. The number of carbonyl (C=O) groups is 2. The molecule has 3 N–H and O–H groups in total. The average molecular weight is 383 g/mol. The summed E-state index contributed by atoms with van der Waals surface area (Å²) in [6.45, 7) is 5.76. The molecule has 2 aromatic rings. The number of benzene rings is 1. The van der Waals surface area contributed by atoms with E-state index in [1.807, 2.05) is 39.0 Å². The van der Waals surface area contributed by atoms with Gasteiger partial charge in [0.15, 0.2) is 8.68 Å². The van der Waals surface area contributed by atoms with Gasteiger partial charge >= 0.3 is 0 Å². The number of thioether (sulfide) groups is 2. The summed E-state index contributed by atoms with van der Waals surface area (Å²) in [7, 11) is 0. The third-order valence-electron chi connectivity index (χ3n) is 3.10. The third-order valence-corrected chi connectivity index (χ3v) is 6.37. The van der Waals surface area contributed by atoms with Crippen molar-refractivity contribution in [3.63, 3.8) is 0 Å². The molecule has 1 atom stereocenters. The van der Waals surface area contributed by atoms with Crippen LogP contribution in [0, 0.1) is 13.8 Å². The first kappa shape index (κ1) is 18.8. The van der Waals surface area contributed by atoms with Crippen LogP contribution in [0.4, 0.5) is 5.69 Å². The fraction of sp³-hybridized carbons (Fsp3) is 0.333. The normalized spacial score (nSPS) is 12.0. The standard InChI is InChI=1S/C15H18N4O2S3/c1-8-5-4-6-9(2)12(8)17-13(21)10(3)23-15-19-18-14(24-15)22-7-11(16)20/h4-6,10H,7H2,1-3H3,(H2,16,20)(H,17,21)/t10-/m1/s1. The van der Waals surface area contributed by atoms with Crippen LogP contribution in [0.3, 0.4) is 0 Å². The minimum absolute atomic E-state index is 0.0843. The summed E-state index contributed by atoms with van der Waals surface area (Å²) in [5, 5.41) is 10.7. The number of hydrogen-bond acceptors (Lipinski definition) is 7.